The van der Waals surface area contributed by atoms with Gasteiger partial charge in [0.1, 0.15) is 36.3 Å². The number of ether oxygens (including phenoxy) is 1. The lowest BCUT2D eigenvalue weighted by atomic mass is 9.87. The highest BCUT2D eigenvalue weighted by molar-refractivity contribution is 8.13. The highest BCUT2D eigenvalue weighted by Gasteiger charge is 2.50. The fourth-order valence-electron chi connectivity index (χ4n) is 5.48. The van der Waals surface area contributed by atoms with Crippen LogP contribution in [-0.4, -0.2) is 123 Å². The number of phosphoric ester groups is 3. The molecular formula is C32H54N7O17P3S. The van der Waals surface area contributed by atoms with Gasteiger partial charge in [-0.2, -0.15) is 4.31 Å². The molecule has 1 aliphatic rings. The van der Waals surface area contributed by atoms with Crippen molar-refractivity contribution in [3.05, 3.63) is 24.8 Å². The first kappa shape index (κ1) is 51.6. The summed E-state index contributed by atoms with van der Waals surface area (Å²) in [5, 5.41) is 26.5. The minimum Gasteiger partial charge on any atom is -0.386 e. The number of thioether (sulfide) groups is 1. The molecule has 0 aliphatic carbocycles. The van der Waals surface area contributed by atoms with Crippen LogP contribution in [0.1, 0.15) is 72.4 Å². The second-order valence-corrected chi connectivity index (χ2v) is 19.6. The predicted octanol–water partition coefficient (Wildman–Crippen LogP) is 1.83. The number of hydrogen-bond donors (Lipinski definition) is 9. The number of fused-ring (bicyclic) bond motifs is 1. The number of nitrogens with zero attached hydrogens (tertiary/aromatic N) is 4. The van der Waals surface area contributed by atoms with E-state index in [1.807, 2.05) is 19.1 Å². The van der Waals surface area contributed by atoms with Gasteiger partial charge in [0.25, 0.3) is 0 Å². The van der Waals surface area contributed by atoms with Gasteiger partial charge in [0.15, 0.2) is 22.8 Å². The van der Waals surface area contributed by atoms with Crippen LogP contribution in [0.25, 0.3) is 11.2 Å². The smallest absolute Gasteiger partial charge is 0.386 e. The number of allylic oxidation sites excluding steroid dienone is 2. The van der Waals surface area contributed by atoms with Crippen molar-refractivity contribution >= 4 is 69.1 Å². The number of nitrogens with two attached hydrogens (primary N) is 1. The molecule has 24 nitrogen and oxygen atoms in total. The van der Waals surface area contributed by atoms with Crippen molar-refractivity contribution in [3.8, 4) is 0 Å². The lowest BCUT2D eigenvalue weighted by Gasteiger charge is -2.30. The summed E-state index contributed by atoms with van der Waals surface area (Å²) in [5.41, 5.74) is 4.27. The first-order valence-corrected chi connectivity index (χ1v) is 24.2. The molecule has 0 radical (unpaired) electrons. The second-order valence-electron chi connectivity index (χ2n) is 14.3. The molecule has 1 saturated heterocycles. The maximum atomic E-state index is 12.7. The lowest BCUT2D eigenvalue weighted by molar-refractivity contribution is -0.137. The van der Waals surface area contributed by atoms with E-state index in [0.717, 1.165) is 54.7 Å². The molecule has 60 heavy (non-hydrogen) atoms. The summed E-state index contributed by atoms with van der Waals surface area (Å²) in [7, 11) is -16.4. The summed E-state index contributed by atoms with van der Waals surface area (Å²) in [6, 6.07) is 0. The Labute approximate surface area is 349 Å². The first-order chi connectivity index (χ1) is 28.0. The standard InChI is InChI=1S/C32H54N7O17P3S/c1-5-6-7-8-9-10-11-20(2)31(44)60-15-14-34-22(40)12-13-35-29(43)26(42)32(3,4)17-53-59(50,51)56-58(48,49)52-16-21-25(55-57(45,46)47)24(41)30(54-21)39-19-38-23-27(33)36-18-37-28(23)39/h10-11,18-21,24-26,30,41-42H,5-9,12-17H2,1-4H3,(H,34,40)(H,35,43)(H,48,49)(H,50,51)(H2,33,36,37)(H2,45,46,47)/b11-10+/t20-,21+,24+,25+,26-,30+/m0/s1. The normalized spacial score (nSPS) is 21.7. The van der Waals surface area contributed by atoms with E-state index in [1.54, 1.807) is 0 Å². The summed E-state index contributed by atoms with van der Waals surface area (Å²) in [6.45, 7) is 4.46. The van der Waals surface area contributed by atoms with Gasteiger partial charge < -0.3 is 50.9 Å². The van der Waals surface area contributed by atoms with Crippen molar-refractivity contribution in [3.63, 3.8) is 0 Å². The zero-order valence-electron chi connectivity index (χ0n) is 33.3. The average Bonchev–Trinajstić information content (AvgIpc) is 3.72. The molecule has 28 heteroatoms. The van der Waals surface area contributed by atoms with E-state index in [4.69, 9.17) is 19.5 Å². The van der Waals surface area contributed by atoms with Gasteiger partial charge in [-0.25, -0.2) is 28.6 Å². The van der Waals surface area contributed by atoms with Crippen molar-refractivity contribution in [2.24, 2.45) is 11.3 Å². The average molecular weight is 934 g/mol. The van der Waals surface area contributed by atoms with E-state index in [1.165, 1.54) is 20.3 Å². The molecule has 2 amide bonds. The highest BCUT2D eigenvalue weighted by Crippen LogP contribution is 2.61. The Morgan fingerprint density at radius 3 is 2.43 bits per heavy atom. The quantitative estimate of drug-likeness (QED) is 0.0369. The minimum absolute atomic E-state index is 0.0222. The van der Waals surface area contributed by atoms with Crippen LogP contribution in [0.5, 0.6) is 0 Å². The fourth-order valence-corrected chi connectivity index (χ4v) is 9.06. The van der Waals surface area contributed by atoms with Gasteiger partial charge in [0, 0.05) is 36.6 Å². The van der Waals surface area contributed by atoms with E-state index in [9.17, 15) is 57.9 Å². The molecule has 0 spiro atoms. The Kier molecular flexibility index (Phi) is 19.9. The number of carbonyl (C=O) groups excluding carboxylic acids is 3. The number of aliphatic hydroxyl groups excluding tert-OH is 2. The molecular weight excluding hydrogens is 879 g/mol. The van der Waals surface area contributed by atoms with Crippen molar-refractivity contribution in [1.82, 2.24) is 30.2 Å². The van der Waals surface area contributed by atoms with Gasteiger partial charge >= 0.3 is 23.5 Å². The van der Waals surface area contributed by atoms with Gasteiger partial charge in [-0.1, -0.05) is 70.9 Å². The van der Waals surface area contributed by atoms with Gasteiger partial charge in [0.2, 0.25) is 11.8 Å². The monoisotopic (exact) mass is 933 g/mol. The molecule has 1 aliphatic heterocycles. The summed E-state index contributed by atoms with van der Waals surface area (Å²) in [6.07, 6.45) is 2.48. The maximum absolute atomic E-state index is 12.7. The van der Waals surface area contributed by atoms with E-state index < -0.39 is 84.6 Å². The zero-order valence-corrected chi connectivity index (χ0v) is 36.8. The third kappa shape index (κ3) is 16.5. The Hall–Kier alpha value is -2.70. The molecule has 0 saturated carbocycles. The van der Waals surface area contributed by atoms with E-state index in [2.05, 4.69) is 41.3 Å². The Morgan fingerprint density at radius 2 is 1.75 bits per heavy atom. The molecule has 1 fully saturated rings. The molecule has 3 heterocycles. The molecule has 2 aromatic heterocycles. The summed E-state index contributed by atoms with van der Waals surface area (Å²) < 4.78 is 62.3. The number of aromatic nitrogens is 4. The number of nitrogen functional groups attached to an aromatic ring is 1. The fraction of sp³-hybridized carbons (Fsp3) is 0.688. The Bertz CT molecular complexity index is 1930. The van der Waals surface area contributed by atoms with E-state index in [-0.39, 0.29) is 47.5 Å². The van der Waals surface area contributed by atoms with Crippen LogP contribution in [0.15, 0.2) is 24.8 Å². The number of nitrogens with one attached hydrogen (secondary N) is 2. The predicted molar refractivity (Wildman–Crippen MR) is 214 cm³/mol. The van der Waals surface area contributed by atoms with Crippen molar-refractivity contribution in [2.45, 2.75) is 96.9 Å². The zero-order chi connectivity index (χ0) is 44.9. The van der Waals surface area contributed by atoms with Gasteiger partial charge in [-0.15, -0.1) is 0 Å². The number of imidazole rings is 1. The maximum Gasteiger partial charge on any atom is 0.481 e. The van der Waals surface area contributed by atoms with Gasteiger partial charge in [-0.3, -0.25) is 32.5 Å². The molecule has 2 unspecified atom stereocenters. The first-order valence-electron chi connectivity index (χ1n) is 18.7. The number of hydrogen-bond acceptors (Lipinski definition) is 18. The van der Waals surface area contributed by atoms with Gasteiger partial charge in [0.05, 0.1) is 19.5 Å². The molecule has 340 valence electrons. The van der Waals surface area contributed by atoms with Crippen LogP contribution < -0.4 is 16.4 Å². The van der Waals surface area contributed by atoms with Crippen LogP contribution in [0.2, 0.25) is 0 Å². The summed E-state index contributed by atoms with van der Waals surface area (Å²) in [4.78, 5) is 88.2. The second kappa shape index (κ2) is 23.1. The summed E-state index contributed by atoms with van der Waals surface area (Å²) >= 11 is 1.10. The van der Waals surface area contributed by atoms with Crippen LogP contribution in [-0.2, 0) is 50.7 Å². The largest absolute Gasteiger partial charge is 0.481 e. The number of anilines is 1. The third-order valence-corrected chi connectivity index (χ3v) is 12.9. The van der Waals surface area contributed by atoms with Crippen molar-refractivity contribution < 1.29 is 80.5 Å². The van der Waals surface area contributed by atoms with Crippen LogP contribution in [0, 0.1) is 11.3 Å². The van der Waals surface area contributed by atoms with E-state index >= 15 is 0 Å². The topological polar surface area (TPSA) is 364 Å². The molecule has 10 N–H and O–H groups in total. The Morgan fingerprint density at radius 1 is 1.05 bits per heavy atom. The minimum atomic E-state index is -5.57. The molecule has 0 aromatic carbocycles. The molecule has 3 rings (SSSR count). The van der Waals surface area contributed by atoms with Crippen LogP contribution in [0.3, 0.4) is 0 Å². The molecule has 0 bridgehead atoms. The number of aliphatic hydroxyl groups is 2. The van der Waals surface area contributed by atoms with Gasteiger partial charge in [-0.05, 0) is 12.8 Å². The van der Waals surface area contributed by atoms with E-state index in [0.29, 0.717) is 5.75 Å². The van der Waals surface area contributed by atoms with Crippen LogP contribution >= 0.6 is 35.2 Å². The number of carbonyl (C=O) groups is 3. The molecule has 8 atom stereocenters. The SMILES string of the molecule is CCCCCC/C=C/[C@H](C)C(=O)SCCNC(=O)CCNC(=O)[C@H](O)C(C)(C)COP(=O)(O)OP(=O)(O)OC[C@H]1O[C@@H](n2cnc3c(N)ncnc32)[C@H](O)[C@@H]1OP(=O)(O)O. The lowest BCUT2D eigenvalue weighted by Crippen LogP contribution is -2.46. The Balaban J connectivity index is 1.43. The summed E-state index contributed by atoms with van der Waals surface area (Å²) in [5.74, 6) is -1.35. The highest BCUT2D eigenvalue weighted by atomic mass is 32.2. The van der Waals surface area contributed by atoms with Crippen molar-refractivity contribution in [1.29, 1.82) is 0 Å². The van der Waals surface area contributed by atoms with Crippen molar-refractivity contribution in [2.75, 3.05) is 37.8 Å². The number of unbranched alkanes of at least 4 members (excludes halogenated alkanes) is 4. The number of amides is 2. The van der Waals surface area contributed by atoms with Crippen LogP contribution in [0.4, 0.5) is 5.82 Å². The third-order valence-electron chi connectivity index (χ3n) is 8.77. The molecule has 2 aromatic rings. The number of rotatable bonds is 26. The number of phosphoric acid groups is 3.